The highest BCUT2D eigenvalue weighted by Crippen LogP contribution is 2.34. The van der Waals surface area contributed by atoms with Crippen molar-refractivity contribution in [2.45, 2.75) is 25.8 Å². The SMILES string of the molecule is OC[C@]1(Cc2ccccc2)CCCN(Cc2cn[nH]c2-c2cccc(F)c2)C1. The molecule has 1 fully saturated rings. The van der Waals surface area contributed by atoms with E-state index in [1.165, 1.54) is 17.7 Å². The third-order valence-electron chi connectivity index (χ3n) is 5.72. The minimum Gasteiger partial charge on any atom is -0.396 e. The van der Waals surface area contributed by atoms with Gasteiger partial charge in [-0.15, -0.1) is 0 Å². The van der Waals surface area contributed by atoms with Crippen LogP contribution < -0.4 is 0 Å². The van der Waals surface area contributed by atoms with E-state index in [9.17, 15) is 9.50 Å². The standard InChI is InChI=1S/C23H26FN3O/c24-21-9-4-8-19(12-21)22-20(14-25-26-22)15-27-11-5-10-23(16-27,17-28)13-18-6-2-1-3-7-18/h1-4,6-9,12,14,28H,5,10-11,13,15-17H2,(H,25,26)/t23-/m0/s1. The van der Waals surface area contributed by atoms with Crippen LogP contribution in [0.25, 0.3) is 11.3 Å². The lowest BCUT2D eigenvalue weighted by Crippen LogP contribution is -2.46. The average Bonchev–Trinajstić information content (AvgIpc) is 3.17. The van der Waals surface area contributed by atoms with Crippen molar-refractivity contribution >= 4 is 0 Å². The fourth-order valence-corrected chi connectivity index (χ4v) is 4.37. The lowest BCUT2D eigenvalue weighted by molar-refractivity contribution is 0.0289. The molecule has 0 amide bonds. The lowest BCUT2D eigenvalue weighted by atomic mass is 9.75. The zero-order valence-electron chi connectivity index (χ0n) is 15.9. The van der Waals surface area contributed by atoms with Gasteiger partial charge in [0.2, 0.25) is 0 Å². The third-order valence-corrected chi connectivity index (χ3v) is 5.72. The largest absolute Gasteiger partial charge is 0.396 e. The van der Waals surface area contributed by atoms with Crippen molar-refractivity contribution in [3.05, 3.63) is 77.7 Å². The van der Waals surface area contributed by atoms with Crippen LogP contribution in [0.4, 0.5) is 4.39 Å². The van der Waals surface area contributed by atoms with Gasteiger partial charge in [0, 0.05) is 29.6 Å². The number of hydrogen-bond acceptors (Lipinski definition) is 3. The van der Waals surface area contributed by atoms with E-state index in [0.29, 0.717) is 0 Å². The summed E-state index contributed by atoms with van der Waals surface area (Å²) in [5.74, 6) is -0.252. The number of hydrogen-bond donors (Lipinski definition) is 2. The number of benzene rings is 2. The summed E-state index contributed by atoms with van der Waals surface area (Å²) in [5.41, 5.74) is 3.87. The van der Waals surface area contributed by atoms with E-state index < -0.39 is 0 Å². The van der Waals surface area contributed by atoms with Crippen molar-refractivity contribution in [1.82, 2.24) is 15.1 Å². The maximum absolute atomic E-state index is 13.6. The number of aliphatic hydroxyl groups excluding tert-OH is 1. The van der Waals surface area contributed by atoms with Gasteiger partial charge >= 0.3 is 0 Å². The highest BCUT2D eigenvalue weighted by atomic mass is 19.1. The normalized spacial score (nSPS) is 20.4. The number of piperidine rings is 1. The van der Waals surface area contributed by atoms with E-state index in [1.54, 1.807) is 6.07 Å². The number of aromatic amines is 1. The number of H-pyrrole nitrogens is 1. The predicted octanol–water partition coefficient (Wildman–Crippen LogP) is 4.03. The molecule has 0 bridgehead atoms. The molecular weight excluding hydrogens is 353 g/mol. The molecule has 0 unspecified atom stereocenters. The molecule has 1 aliphatic rings. The topological polar surface area (TPSA) is 52.1 Å². The Morgan fingerprint density at radius 3 is 2.79 bits per heavy atom. The molecule has 1 atom stereocenters. The monoisotopic (exact) mass is 379 g/mol. The van der Waals surface area contributed by atoms with Crippen LogP contribution in [0.5, 0.6) is 0 Å². The first kappa shape index (κ1) is 18.8. The summed E-state index contributed by atoms with van der Waals surface area (Å²) >= 11 is 0. The molecule has 0 saturated carbocycles. The van der Waals surface area contributed by atoms with Crippen LogP contribution in [0.1, 0.15) is 24.0 Å². The molecule has 146 valence electrons. The van der Waals surface area contributed by atoms with Gasteiger partial charge in [0.25, 0.3) is 0 Å². The van der Waals surface area contributed by atoms with Gasteiger partial charge in [-0.1, -0.05) is 42.5 Å². The average molecular weight is 379 g/mol. The first-order valence-corrected chi connectivity index (χ1v) is 9.83. The fraction of sp³-hybridized carbons (Fsp3) is 0.348. The number of halogens is 1. The van der Waals surface area contributed by atoms with Crippen LogP contribution >= 0.6 is 0 Å². The predicted molar refractivity (Wildman–Crippen MR) is 108 cm³/mol. The van der Waals surface area contributed by atoms with Crippen molar-refractivity contribution < 1.29 is 9.50 Å². The molecule has 4 nitrogen and oxygen atoms in total. The summed E-state index contributed by atoms with van der Waals surface area (Å²) in [7, 11) is 0. The third kappa shape index (κ3) is 4.16. The van der Waals surface area contributed by atoms with E-state index >= 15 is 0 Å². The lowest BCUT2D eigenvalue weighted by Gasteiger charge is -2.42. The molecule has 2 N–H and O–H groups in total. The molecule has 28 heavy (non-hydrogen) atoms. The highest BCUT2D eigenvalue weighted by molar-refractivity contribution is 5.62. The van der Waals surface area contributed by atoms with Gasteiger partial charge in [0.15, 0.2) is 0 Å². The molecule has 5 heteroatoms. The minimum atomic E-state index is -0.252. The molecule has 1 aromatic heterocycles. The Balaban J connectivity index is 1.51. The van der Waals surface area contributed by atoms with Crippen LogP contribution in [0, 0.1) is 11.2 Å². The maximum atomic E-state index is 13.6. The number of nitrogens with one attached hydrogen (secondary N) is 1. The van der Waals surface area contributed by atoms with Crippen LogP contribution in [0.15, 0.2) is 60.8 Å². The number of nitrogens with zero attached hydrogens (tertiary/aromatic N) is 2. The second kappa shape index (κ2) is 8.25. The van der Waals surface area contributed by atoms with Gasteiger partial charge in [-0.05, 0) is 43.5 Å². The summed E-state index contributed by atoms with van der Waals surface area (Å²) in [6.07, 6.45) is 4.78. The summed E-state index contributed by atoms with van der Waals surface area (Å²) in [6, 6.07) is 17.0. The molecule has 0 aliphatic carbocycles. The summed E-state index contributed by atoms with van der Waals surface area (Å²) in [5, 5.41) is 17.4. The van der Waals surface area contributed by atoms with E-state index in [0.717, 1.165) is 55.7 Å². The van der Waals surface area contributed by atoms with Gasteiger partial charge in [-0.3, -0.25) is 10.00 Å². The van der Waals surface area contributed by atoms with Crippen molar-refractivity contribution in [3.63, 3.8) is 0 Å². The first-order valence-electron chi connectivity index (χ1n) is 9.83. The molecule has 4 rings (SSSR count). The second-order valence-corrected chi connectivity index (χ2v) is 7.92. The molecule has 3 aromatic rings. The van der Waals surface area contributed by atoms with Crippen LogP contribution in [-0.2, 0) is 13.0 Å². The Kier molecular flexibility index (Phi) is 5.55. The summed E-state index contributed by atoms with van der Waals surface area (Å²) in [4.78, 5) is 2.39. The van der Waals surface area contributed by atoms with Gasteiger partial charge in [-0.2, -0.15) is 5.10 Å². The molecular formula is C23H26FN3O. The van der Waals surface area contributed by atoms with E-state index in [4.69, 9.17) is 0 Å². The summed E-state index contributed by atoms with van der Waals surface area (Å²) in [6.45, 7) is 2.75. The molecule has 0 spiro atoms. The van der Waals surface area contributed by atoms with Crippen molar-refractivity contribution in [3.8, 4) is 11.3 Å². The minimum absolute atomic E-state index is 0.123. The fourth-order valence-electron chi connectivity index (χ4n) is 4.37. The van der Waals surface area contributed by atoms with E-state index in [2.05, 4.69) is 39.4 Å². The Morgan fingerprint density at radius 1 is 1.14 bits per heavy atom. The van der Waals surface area contributed by atoms with Gasteiger partial charge in [0.1, 0.15) is 5.82 Å². The smallest absolute Gasteiger partial charge is 0.123 e. The van der Waals surface area contributed by atoms with Crippen molar-refractivity contribution in [1.29, 1.82) is 0 Å². The first-order chi connectivity index (χ1) is 13.7. The Bertz CT molecular complexity index is 911. The van der Waals surface area contributed by atoms with Crippen molar-refractivity contribution in [2.75, 3.05) is 19.7 Å². The van der Waals surface area contributed by atoms with Gasteiger partial charge < -0.3 is 5.11 Å². The maximum Gasteiger partial charge on any atom is 0.123 e. The molecule has 2 aromatic carbocycles. The second-order valence-electron chi connectivity index (χ2n) is 7.92. The Hall–Kier alpha value is -2.50. The quantitative estimate of drug-likeness (QED) is 0.680. The Labute approximate surface area is 165 Å². The molecule has 0 radical (unpaired) electrons. The molecule has 1 aliphatic heterocycles. The Morgan fingerprint density at radius 2 is 2.00 bits per heavy atom. The highest BCUT2D eigenvalue weighted by Gasteiger charge is 2.35. The van der Waals surface area contributed by atoms with Crippen LogP contribution in [0.2, 0.25) is 0 Å². The number of rotatable bonds is 6. The van der Waals surface area contributed by atoms with E-state index in [1.807, 2.05) is 18.3 Å². The van der Waals surface area contributed by atoms with Crippen molar-refractivity contribution in [2.24, 2.45) is 5.41 Å². The number of aliphatic hydroxyl groups is 1. The van der Waals surface area contributed by atoms with Crippen LogP contribution in [0.3, 0.4) is 0 Å². The molecule has 1 saturated heterocycles. The molecule has 2 heterocycles. The zero-order chi connectivity index (χ0) is 19.4. The van der Waals surface area contributed by atoms with Crippen LogP contribution in [-0.4, -0.2) is 39.9 Å². The van der Waals surface area contributed by atoms with E-state index in [-0.39, 0.29) is 17.8 Å². The summed E-state index contributed by atoms with van der Waals surface area (Å²) < 4.78 is 13.6. The number of likely N-dealkylation sites (tertiary alicyclic amines) is 1. The van der Waals surface area contributed by atoms with Gasteiger partial charge in [-0.25, -0.2) is 4.39 Å². The zero-order valence-corrected chi connectivity index (χ0v) is 15.9. The number of aromatic nitrogens is 2. The van der Waals surface area contributed by atoms with Gasteiger partial charge in [0.05, 0.1) is 18.5 Å².